The van der Waals surface area contributed by atoms with Crippen molar-refractivity contribution in [3.63, 3.8) is 0 Å². The van der Waals surface area contributed by atoms with E-state index in [0.717, 1.165) is 24.5 Å². The van der Waals surface area contributed by atoms with Crippen LogP contribution in [0.3, 0.4) is 0 Å². The summed E-state index contributed by atoms with van der Waals surface area (Å²) in [5, 5.41) is 0. The van der Waals surface area contributed by atoms with Gasteiger partial charge >= 0.3 is 0 Å². The first kappa shape index (κ1) is 14.5. The van der Waals surface area contributed by atoms with Gasteiger partial charge in [0.05, 0.1) is 5.69 Å². The van der Waals surface area contributed by atoms with Gasteiger partial charge in [-0.15, -0.1) is 0 Å². The summed E-state index contributed by atoms with van der Waals surface area (Å²) in [6.07, 6.45) is 1.64. The van der Waals surface area contributed by atoms with Crippen LogP contribution in [0.2, 0.25) is 0 Å². The minimum Gasteiger partial charge on any atom is -0.266 e. The highest BCUT2D eigenvalue weighted by molar-refractivity contribution is 9.10. The van der Waals surface area contributed by atoms with Crippen LogP contribution in [0.5, 0.6) is 0 Å². The van der Waals surface area contributed by atoms with E-state index < -0.39 is 15.8 Å². The van der Waals surface area contributed by atoms with Gasteiger partial charge in [0.15, 0.2) is 0 Å². The van der Waals surface area contributed by atoms with Gasteiger partial charge in [-0.05, 0) is 58.6 Å². The number of fused-ring (bicyclic) bond motifs is 1. The molecule has 110 valence electrons. The predicted octanol–water partition coefficient (Wildman–Crippen LogP) is 3.73. The lowest BCUT2D eigenvalue weighted by Gasteiger charge is -2.30. The zero-order chi connectivity index (χ0) is 15.0. The van der Waals surface area contributed by atoms with E-state index in [2.05, 4.69) is 15.9 Å². The van der Waals surface area contributed by atoms with Gasteiger partial charge in [0.1, 0.15) is 10.7 Å². The summed E-state index contributed by atoms with van der Waals surface area (Å²) >= 11 is 3.14. The number of para-hydroxylation sites is 1. The van der Waals surface area contributed by atoms with Gasteiger partial charge in [-0.2, -0.15) is 0 Å². The van der Waals surface area contributed by atoms with E-state index in [1.165, 1.54) is 16.4 Å². The molecule has 0 saturated heterocycles. The van der Waals surface area contributed by atoms with Gasteiger partial charge < -0.3 is 0 Å². The van der Waals surface area contributed by atoms with Crippen molar-refractivity contribution < 1.29 is 12.8 Å². The molecule has 0 atom stereocenters. The van der Waals surface area contributed by atoms with Crippen LogP contribution in [-0.2, 0) is 16.4 Å². The molecular weight excluding hydrogens is 357 g/mol. The Hall–Kier alpha value is -1.40. The Labute approximate surface area is 131 Å². The van der Waals surface area contributed by atoms with Crippen molar-refractivity contribution in [2.75, 3.05) is 10.8 Å². The Balaban J connectivity index is 2.12. The van der Waals surface area contributed by atoms with Crippen molar-refractivity contribution in [3.05, 3.63) is 58.3 Å². The van der Waals surface area contributed by atoms with Crippen LogP contribution in [0.4, 0.5) is 10.1 Å². The summed E-state index contributed by atoms with van der Waals surface area (Å²) in [6, 6.07) is 11.1. The van der Waals surface area contributed by atoms with Gasteiger partial charge in [-0.25, -0.2) is 12.8 Å². The van der Waals surface area contributed by atoms with Gasteiger partial charge in [-0.1, -0.05) is 18.2 Å². The fraction of sp³-hybridized carbons (Fsp3) is 0.200. The maximum atomic E-state index is 13.2. The molecule has 0 spiro atoms. The van der Waals surface area contributed by atoms with Crippen LogP contribution in [0.25, 0.3) is 0 Å². The summed E-state index contributed by atoms with van der Waals surface area (Å²) in [6.45, 7) is 0.434. The molecule has 1 aliphatic heterocycles. The van der Waals surface area contributed by atoms with Crippen LogP contribution in [0.15, 0.2) is 51.8 Å². The minimum atomic E-state index is -3.70. The topological polar surface area (TPSA) is 37.4 Å². The van der Waals surface area contributed by atoms with E-state index in [0.29, 0.717) is 12.2 Å². The second-order valence-electron chi connectivity index (χ2n) is 4.88. The Morgan fingerprint density at radius 1 is 1.14 bits per heavy atom. The number of hydrogen-bond acceptors (Lipinski definition) is 2. The third kappa shape index (κ3) is 2.58. The second kappa shape index (κ2) is 5.42. The van der Waals surface area contributed by atoms with Crippen LogP contribution in [0.1, 0.15) is 12.0 Å². The maximum absolute atomic E-state index is 13.2. The third-order valence-corrected chi connectivity index (χ3v) is 6.32. The number of sulfonamides is 1. The van der Waals surface area contributed by atoms with Crippen molar-refractivity contribution in [3.8, 4) is 0 Å². The monoisotopic (exact) mass is 369 g/mol. The average Bonchev–Trinajstić information content (AvgIpc) is 2.46. The first-order valence-electron chi connectivity index (χ1n) is 6.56. The van der Waals surface area contributed by atoms with Crippen molar-refractivity contribution in [1.82, 2.24) is 0 Å². The highest BCUT2D eigenvalue weighted by Gasteiger charge is 2.30. The highest BCUT2D eigenvalue weighted by atomic mass is 79.9. The minimum absolute atomic E-state index is 0.0839. The number of benzene rings is 2. The number of anilines is 1. The fourth-order valence-electron chi connectivity index (χ4n) is 2.55. The van der Waals surface area contributed by atoms with Crippen molar-refractivity contribution in [1.29, 1.82) is 0 Å². The van der Waals surface area contributed by atoms with E-state index >= 15 is 0 Å². The predicted molar refractivity (Wildman–Crippen MR) is 83.4 cm³/mol. The lowest BCUT2D eigenvalue weighted by atomic mass is 10.0. The Morgan fingerprint density at radius 3 is 2.67 bits per heavy atom. The molecule has 0 unspecified atom stereocenters. The molecule has 2 aromatic carbocycles. The second-order valence-corrected chi connectivity index (χ2v) is 7.57. The molecule has 0 amide bonds. The molecular formula is C15H13BrFNO2S. The quantitative estimate of drug-likeness (QED) is 0.808. The van der Waals surface area contributed by atoms with Crippen molar-refractivity contribution in [2.45, 2.75) is 17.7 Å². The molecule has 0 fully saturated rings. The number of rotatable bonds is 2. The van der Waals surface area contributed by atoms with Gasteiger partial charge in [0, 0.05) is 11.0 Å². The summed E-state index contributed by atoms with van der Waals surface area (Å²) in [5.41, 5.74) is 1.73. The SMILES string of the molecule is O=S(=O)(c1ccc(F)cc1Br)N1CCCc2ccccc21. The summed E-state index contributed by atoms with van der Waals surface area (Å²) in [5.74, 6) is -0.472. The van der Waals surface area contributed by atoms with Gasteiger partial charge in [0.25, 0.3) is 10.0 Å². The van der Waals surface area contributed by atoms with Crippen LogP contribution >= 0.6 is 15.9 Å². The molecule has 1 heterocycles. The Morgan fingerprint density at radius 2 is 1.90 bits per heavy atom. The molecule has 21 heavy (non-hydrogen) atoms. The Bertz CT molecular complexity index is 792. The summed E-state index contributed by atoms with van der Waals surface area (Å²) < 4.78 is 40.5. The number of hydrogen-bond donors (Lipinski definition) is 0. The maximum Gasteiger partial charge on any atom is 0.265 e. The smallest absolute Gasteiger partial charge is 0.265 e. The molecule has 0 bridgehead atoms. The first-order valence-corrected chi connectivity index (χ1v) is 8.79. The molecule has 0 N–H and O–H groups in total. The van der Waals surface area contributed by atoms with E-state index in [9.17, 15) is 12.8 Å². The van der Waals surface area contributed by atoms with E-state index in [-0.39, 0.29) is 9.37 Å². The molecule has 0 saturated carbocycles. The summed E-state index contributed by atoms with van der Waals surface area (Å²) in [7, 11) is -3.70. The van der Waals surface area contributed by atoms with Gasteiger partial charge in [0.2, 0.25) is 0 Å². The van der Waals surface area contributed by atoms with Gasteiger partial charge in [-0.3, -0.25) is 4.31 Å². The zero-order valence-electron chi connectivity index (χ0n) is 11.1. The largest absolute Gasteiger partial charge is 0.266 e. The molecule has 1 aliphatic rings. The molecule has 0 aliphatic carbocycles. The molecule has 6 heteroatoms. The molecule has 3 rings (SSSR count). The average molecular weight is 370 g/mol. The molecule has 3 nitrogen and oxygen atoms in total. The lowest BCUT2D eigenvalue weighted by Crippen LogP contribution is -2.35. The van der Waals surface area contributed by atoms with Crippen LogP contribution in [-0.4, -0.2) is 15.0 Å². The number of nitrogens with zero attached hydrogens (tertiary/aromatic N) is 1. The molecule has 2 aromatic rings. The van der Waals surface area contributed by atoms with Crippen LogP contribution in [0, 0.1) is 5.82 Å². The number of halogens is 2. The third-order valence-electron chi connectivity index (χ3n) is 3.53. The van der Waals surface area contributed by atoms with E-state index in [4.69, 9.17) is 0 Å². The number of aryl methyl sites for hydroxylation is 1. The molecule has 0 radical (unpaired) electrons. The van der Waals surface area contributed by atoms with E-state index in [1.54, 1.807) is 0 Å². The first-order chi connectivity index (χ1) is 10.00. The van der Waals surface area contributed by atoms with Crippen LogP contribution < -0.4 is 4.31 Å². The van der Waals surface area contributed by atoms with E-state index in [1.807, 2.05) is 24.3 Å². The molecule has 0 aromatic heterocycles. The highest BCUT2D eigenvalue weighted by Crippen LogP contribution is 2.34. The normalized spacial score (nSPS) is 14.9. The lowest BCUT2D eigenvalue weighted by molar-refractivity contribution is 0.585. The van der Waals surface area contributed by atoms with Crippen molar-refractivity contribution >= 4 is 31.6 Å². The summed E-state index contributed by atoms with van der Waals surface area (Å²) in [4.78, 5) is 0.0839. The van der Waals surface area contributed by atoms with Crippen molar-refractivity contribution in [2.24, 2.45) is 0 Å². The zero-order valence-corrected chi connectivity index (χ0v) is 13.5. The Kier molecular flexibility index (Phi) is 3.75. The fourth-order valence-corrected chi connectivity index (χ4v) is 5.11. The standard InChI is InChI=1S/C15H13BrFNO2S/c16-13-10-12(17)7-8-15(13)21(19,20)18-9-3-5-11-4-1-2-6-14(11)18/h1-2,4,6-8,10H,3,5,9H2.